The van der Waals surface area contributed by atoms with Gasteiger partial charge >= 0.3 is 0 Å². The second-order valence-corrected chi connectivity index (χ2v) is 12.3. The molecule has 4 aromatic rings. The third-order valence-electron chi connectivity index (χ3n) is 7.85. The molecule has 0 bridgehead atoms. The predicted molar refractivity (Wildman–Crippen MR) is 178 cm³/mol. The highest BCUT2D eigenvalue weighted by molar-refractivity contribution is 5.68. The summed E-state index contributed by atoms with van der Waals surface area (Å²) in [6, 6.07) is 12.9. The average Bonchev–Trinajstić information content (AvgIpc) is 3.26. The van der Waals surface area contributed by atoms with Crippen molar-refractivity contribution in [1.29, 1.82) is 0 Å². The number of benzene rings is 1. The first-order valence-corrected chi connectivity index (χ1v) is 15.1. The fourth-order valence-electron chi connectivity index (χ4n) is 5.86. The Hall–Kier alpha value is -3.99. The van der Waals surface area contributed by atoms with Gasteiger partial charge in [-0.1, -0.05) is 71.5 Å². The quantitative estimate of drug-likeness (QED) is 0.285. The summed E-state index contributed by atoms with van der Waals surface area (Å²) in [7, 11) is 2.14. The van der Waals surface area contributed by atoms with E-state index in [1.165, 1.54) is 11.1 Å². The number of rotatable bonds is 8. The van der Waals surface area contributed by atoms with Gasteiger partial charge < -0.3 is 4.90 Å². The Balaban J connectivity index is 1.88. The average molecular weight is 562 g/mol. The highest BCUT2D eigenvalue weighted by atomic mass is 15.3. The molecule has 0 aliphatic heterocycles. The van der Waals surface area contributed by atoms with Gasteiger partial charge in [0.25, 0.3) is 0 Å². The van der Waals surface area contributed by atoms with Crippen molar-refractivity contribution in [2.75, 3.05) is 13.6 Å². The molecule has 3 heterocycles. The van der Waals surface area contributed by atoms with E-state index in [1.54, 1.807) is 0 Å². The minimum atomic E-state index is 0.293. The van der Waals surface area contributed by atoms with Crippen LogP contribution in [0, 0.1) is 26.7 Å². The summed E-state index contributed by atoms with van der Waals surface area (Å²) in [6.45, 7) is 24.8. The molecule has 0 radical (unpaired) electrons. The van der Waals surface area contributed by atoms with Gasteiger partial charge in [0.2, 0.25) is 0 Å². The molecule has 1 aromatic carbocycles. The van der Waals surface area contributed by atoms with E-state index in [1.807, 2.05) is 20.0 Å². The Bertz CT molecular complexity index is 1810. The molecule has 42 heavy (non-hydrogen) atoms. The number of pyridine rings is 2. The van der Waals surface area contributed by atoms with Crippen molar-refractivity contribution in [3.63, 3.8) is 0 Å². The summed E-state index contributed by atoms with van der Waals surface area (Å²) in [4.78, 5) is 11.6. The summed E-state index contributed by atoms with van der Waals surface area (Å²) in [6.07, 6.45) is 8.49. The van der Waals surface area contributed by atoms with Crippen LogP contribution in [-0.4, -0.2) is 38.2 Å². The minimum Gasteiger partial charge on any atom is -0.379 e. The molecule has 4 rings (SSSR count). The Morgan fingerprint density at radius 2 is 1.76 bits per heavy atom. The predicted octanol–water partition coefficient (Wildman–Crippen LogP) is 5.50. The normalized spacial score (nSPS) is 14.0. The van der Waals surface area contributed by atoms with E-state index in [4.69, 9.17) is 10.1 Å². The fourth-order valence-corrected chi connectivity index (χ4v) is 5.86. The molecule has 0 saturated carbocycles. The lowest BCUT2D eigenvalue weighted by molar-refractivity contribution is 0.457. The topological polar surface area (TPSA) is 46.8 Å². The van der Waals surface area contributed by atoms with Crippen molar-refractivity contribution < 1.29 is 0 Å². The van der Waals surface area contributed by atoms with E-state index in [2.05, 4.69) is 131 Å². The van der Waals surface area contributed by atoms with Gasteiger partial charge in [-0.25, -0.2) is 4.68 Å². The lowest BCUT2D eigenvalue weighted by Gasteiger charge is -2.21. The second-order valence-electron chi connectivity index (χ2n) is 12.3. The van der Waals surface area contributed by atoms with Gasteiger partial charge in [-0.2, -0.15) is 5.10 Å². The van der Waals surface area contributed by atoms with Crippen LogP contribution in [0.5, 0.6) is 0 Å². The maximum absolute atomic E-state index is 5.31. The SMILES string of the molecule is C=c1cccc(-c2nn(-c3cc(=C/C(C)C)/c(=C\C)nc3C)c(C)c2C(C)C)/c1=C/N(C)C[C@H](C)c1ccnc(C)c1. The van der Waals surface area contributed by atoms with E-state index in [-0.39, 0.29) is 0 Å². The maximum atomic E-state index is 5.31. The lowest BCUT2D eigenvalue weighted by atomic mass is 9.95. The van der Waals surface area contributed by atoms with Gasteiger partial charge in [-0.15, -0.1) is 0 Å². The maximum Gasteiger partial charge on any atom is 0.0971 e. The molecule has 220 valence electrons. The molecule has 5 nitrogen and oxygen atoms in total. The Morgan fingerprint density at radius 1 is 1.02 bits per heavy atom. The standard InChI is InChI=1S/C37H47N5/c1-12-34-31(18-23(2)3)20-35(28(9)39-34)42-29(10)36(24(4)5)37(40-42)32-15-13-14-25(6)33(32)22-41(11)21-26(7)30-16-17-38-27(8)19-30/h12-20,22-24,26H,6,21H2,1-5,7-11H3/b31-18-,33-22+,34-12+/t26-/m0/s1. The van der Waals surface area contributed by atoms with Gasteiger partial charge in [0, 0.05) is 53.7 Å². The third-order valence-corrected chi connectivity index (χ3v) is 7.85. The zero-order valence-corrected chi connectivity index (χ0v) is 27.2. The van der Waals surface area contributed by atoms with Gasteiger partial charge in [-0.3, -0.25) is 9.97 Å². The minimum absolute atomic E-state index is 0.293. The second kappa shape index (κ2) is 12.9. The fraction of sp³-hybridized carbons (Fsp3) is 0.378. The van der Waals surface area contributed by atoms with Crippen LogP contribution < -0.4 is 21.0 Å². The summed E-state index contributed by atoms with van der Waals surface area (Å²) < 4.78 is 2.10. The number of nitrogens with zero attached hydrogens (tertiary/aromatic N) is 5. The molecule has 0 aliphatic rings. The molecule has 3 aromatic heterocycles. The molecule has 0 N–H and O–H groups in total. The first-order chi connectivity index (χ1) is 19.9. The molecule has 5 heteroatoms. The highest BCUT2D eigenvalue weighted by Crippen LogP contribution is 2.31. The molecule has 0 aliphatic carbocycles. The number of hydrogen-bond acceptors (Lipinski definition) is 4. The van der Waals surface area contributed by atoms with Crippen LogP contribution in [-0.2, 0) is 0 Å². The van der Waals surface area contributed by atoms with Crippen LogP contribution in [0.3, 0.4) is 0 Å². The zero-order chi connectivity index (χ0) is 30.7. The molecular formula is C37H47N5. The molecule has 0 unspecified atom stereocenters. The van der Waals surface area contributed by atoms with Gasteiger partial charge in [0.15, 0.2) is 0 Å². The van der Waals surface area contributed by atoms with Crippen LogP contribution in [0.15, 0.2) is 42.6 Å². The van der Waals surface area contributed by atoms with Crippen molar-refractivity contribution >= 4 is 24.9 Å². The Morgan fingerprint density at radius 3 is 2.40 bits per heavy atom. The summed E-state index contributed by atoms with van der Waals surface area (Å²) in [5, 5.41) is 9.56. The van der Waals surface area contributed by atoms with Crippen molar-refractivity contribution in [3.8, 4) is 16.9 Å². The van der Waals surface area contributed by atoms with E-state index < -0.39 is 0 Å². The van der Waals surface area contributed by atoms with Crippen LogP contribution in [0.25, 0.3) is 41.9 Å². The number of hydrogen-bond donors (Lipinski definition) is 0. The molecule has 0 spiro atoms. The largest absolute Gasteiger partial charge is 0.379 e. The molecular weight excluding hydrogens is 514 g/mol. The Kier molecular flexibility index (Phi) is 9.50. The van der Waals surface area contributed by atoms with E-state index in [9.17, 15) is 0 Å². The number of aromatic nitrogens is 4. The van der Waals surface area contributed by atoms with Gasteiger partial charge in [0.05, 0.1) is 22.4 Å². The van der Waals surface area contributed by atoms with Crippen molar-refractivity contribution in [3.05, 3.63) is 91.8 Å². The summed E-state index contributed by atoms with van der Waals surface area (Å²) >= 11 is 0. The monoisotopic (exact) mass is 561 g/mol. The number of aryl methyl sites for hydroxylation is 2. The van der Waals surface area contributed by atoms with Gasteiger partial charge in [-0.05, 0) is 79.6 Å². The van der Waals surface area contributed by atoms with E-state index >= 15 is 0 Å². The van der Waals surface area contributed by atoms with Crippen molar-refractivity contribution in [2.24, 2.45) is 5.92 Å². The number of likely N-dealkylation sites (N-methyl/N-ethyl adjacent to an activating group) is 1. The summed E-state index contributed by atoms with van der Waals surface area (Å²) in [5.41, 5.74) is 8.83. The van der Waals surface area contributed by atoms with Crippen LogP contribution in [0.4, 0.5) is 0 Å². The highest BCUT2D eigenvalue weighted by Gasteiger charge is 2.22. The third kappa shape index (κ3) is 6.56. The Labute approximate surface area is 251 Å². The van der Waals surface area contributed by atoms with Crippen LogP contribution in [0.2, 0.25) is 0 Å². The van der Waals surface area contributed by atoms with Crippen molar-refractivity contribution in [2.45, 2.75) is 74.1 Å². The van der Waals surface area contributed by atoms with E-state index in [0.717, 1.165) is 61.6 Å². The summed E-state index contributed by atoms with van der Waals surface area (Å²) in [5.74, 6) is 1.07. The van der Waals surface area contributed by atoms with E-state index in [0.29, 0.717) is 17.8 Å². The van der Waals surface area contributed by atoms with Crippen LogP contribution >= 0.6 is 0 Å². The first kappa shape index (κ1) is 31.0. The lowest BCUT2D eigenvalue weighted by Crippen LogP contribution is -2.31. The van der Waals surface area contributed by atoms with Gasteiger partial charge in [0.1, 0.15) is 0 Å². The zero-order valence-electron chi connectivity index (χ0n) is 27.2. The first-order valence-electron chi connectivity index (χ1n) is 15.1. The van der Waals surface area contributed by atoms with Crippen molar-refractivity contribution in [1.82, 2.24) is 24.6 Å². The molecule has 1 atom stereocenters. The van der Waals surface area contributed by atoms with Crippen LogP contribution in [0.1, 0.15) is 81.6 Å². The molecule has 0 amide bonds. The molecule has 0 saturated heterocycles. The molecule has 0 fully saturated rings. The smallest absolute Gasteiger partial charge is 0.0971 e.